The third-order valence-electron chi connectivity index (χ3n) is 2.45. The summed E-state index contributed by atoms with van der Waals surface area (Å²) in [5, 5.41) is 0. The van der Waals surface area contributed by atoms with Crippen molar-refractivity contribution in [3.63, 3.8) is 0 Å². The fraction of sp³-hybridized carbons (Fsp3) is 0.778. The van der Waals surface area contributed by atoms with Crippen LogP contribution in [0.1, 0.15) is 6.42 Å². The smallest absolute Gasteiger partial charge is 0.384 e. The van der Waals surface area contributed by atoms with Gasteiger partial charge in [-0.2, -0.15) is 0 Å². The monoisotopic (exact) mass is 246 g/mol. The van der Waals surface area contributed by atoms with Gasteiger partial charge in [-0.05, 0) is 6.42 Å². The van der Waals surface area contributed by atoms with Crippen LogP contribution >= 0.6 is 7.82 Å². The number of phosphoric ester groups is 1. The van der Waals surface area contributed by atoms with E-state index in [1.54, 1.807) is 7.11 Å². The van der Waals surface area contributed by atoms with E-state index >= 15 is 0 Å². The Morgan fingerprint density at radius 1 is 1.50 bits per heavy atom. The Balaban J connectivity index is 2.68. The Kier molecular flexibility index (Phi) is 5.21. The molecule has 0 saturated carbocycles. The lowest BCUT2D eigenvalue weighted by molar-refractivity contribution is 0.0493. The van der Waals surface area contributed by atoms with Crippen LogP contribution in [-0.4, -0.2) is 39.7 Å². The second-order valence-corrected chi connectivity index (χ2v) is 5.21. The van der Waals surface area contributed by atoms with Crippen LogP contribution in [0.25, 0.3) is 0 Å². The minimum atomic E-state index is -3.97. The Morgan fingerprint density at radius 2 is 2.19 bits per heavy atom. The van der Waals surface area contributed by atoms with Gasteiger partial charge in [-0.15, -0.1) is 0 Å². The van der Waals surface area contributed by atoms with E-state index in [4.69, 9.17) is 17.1 Å². The van der Waals surface area contributed by atoms with Crippen LogP contribution in [0, 0.1) is 5.92 Å². The van der Waals surface area contributed by atoms with Gasteiger partial charge in [0.2, 0.25) is 0 Å². The molecule has 0 bridgehead atoms. The highest BCUT2D eigenvalue weighted by Crippen LogP contribution is 2.46. The van der Waals surface area contributed by atoms with Crippen molar-refractivity contribution in [1.29, 1.82) is 0 Å². The van der Waals surface area contributed by atoms with Crippen molar-refractivity contribution in [3.8, 4) is 0 Å². The minimum absolute atomic E-state index is 0.0829. The van der Waals surface area contributed by atoms with Crippen molar-refractivity contribution < 1.29 is 23.2 Å². The summed E-state index contributed by atoms with van der Waals surface area (Å²) in [5.41, 5.74) is 0. The van der Waals surface area contributed by atoms with E-state index in [-0.39, 0.29) is 11.7 Å². The molecule has 0 fully saturated rings. The fourth-order valence-corrected chi connectivity index (χ4v) is 2.29. The predicted octanol–water partition coefficient (Wildman–Crippen LogP) is 1.30. The highest BCUT2D eigenvalue weighted by atomic mass is 31.2. The van der Waals surface area contributed by atoms with Crippen molar-refractivity contribution in [1.82, 2.24) is 0 Å². The summed E-state index contributed by atoms with van der Waals surface area (Å²) >= 11 is 0. The van der Waals surface area contributed by atoms with Crippen molar-refractivity contribution in [2.75, 3.05) is 20.8 Å². The molecule has 7 heteroatoms. The highest BCUT2D eigenvalue weighted by Gasteiger charge is 2.32. The van der Waals surface area contributed by atoms with Gasteiger partial charge in [0.05, 0.1) is 20.6 Å². The maximum absolute atomic E-state index is 11.3. The molecule has 4 unspecified atom stereocenters. The zero-order valence-corrected chi connectivity index (χ0v) is 10.3. The standard InChI is InChI=1S/C9H16BO5P/c1-13-6-7-3-4-8(10)5-9(7)15-16(11,12)14-2/h3-4,7-9H,5-6H2,1-2H3,(H,11,12). The first-order chi connectivity index (χ1) is 7.48. The number of methoxy groups -OCH3 is 1. The van der Waals surface area contributed by atoms with E-state index in [1.807, 2.05) is 12.2 Å². The maximum Gasteiger partial charge on any atom is 0.472 e. The molecule has 1 rings (SSSR count). The van der Waals surface area contributed by atoms with Gasteiger partial charge in [-0.3, -0.25) is 9.05 Å². The van der Waals surface area contributed by atoms with Crippen LogP contribution < -0.4 is 0 Å². The molecule has 0 saturated heterocycles. The second-order valence-electron chi connectivity index (χ2n) is 3.70. The van der Waals surface area contributed by atoms with E-state index < -0.39 is 13.9 Å². The molecule has 1 aliphatic rings. The van der Waals surface area contributed by atoms with E-state index in [2.05, 4.69) is 4.52 Å². The third-order valence-corrected chi connectivity index (χ3v) is 3.44. The molecule has 0 amide bonds. The summed E-state index contributed by atoms with van der Waals surface area (Å²) < 4.78 is 25.7. The molecular weight excluding hydrogens is 230 g/mol. The molecule has 0 aromatic carbocycles. The first kappa shape index (κ1) is 13.9. The normalized spacial score (nSPS) is 33.6. The predicted molar refractivity (Wildman–Crippen MR) is 60.3 cm³/mol. The molecule has 5 nitrogen and oxygen atoms in total. The van der Waals surface area contributed by atoms with Crippen LogP contribution in [0.2, 0.25) is 5.82 Å². The summed E-state index contributed by atoms with van der Waals surface area (Å²) in [7, 11) is 4.44. The molecule has 0 spiro atoms. The molecule has 0 aliphatic heterocycles. The van der Waals surface area contributed by atoms with E-state index in [0.29, 0.717) is 13.0 Å². The summed E-state index contributed by atoms with van der Waals surface area (Å²) in [6.07, 6.45) is 3.70. The van der Waals surface area contributed by atoms with E-state index in [1.165, 1.54) is 0 Å². The largest absolute Gasteiger partial charge is 0.472 e. The molecule has 1 aliphatic carbocycles. The molecule has 0 heterocycles. The number of hydrogen-bond donors (Lipinski definition) is 1. The van der Waals surface area contributed by atoms with Crippen molar-refractivity contribution in [2.24, 2.45) is 5.92 Å². The van der Waals surface area contributed by atoms with E-state index in [0.717, 1.165) is 7.11 Å². The lowest BCUT2D eigenvalue weighted by Crippen LogP contribution is -2.29. The van der Waals surface area contributed by atoms with Crippen molar-refractivity contribution in [3.05, 3.63) is 12.2 Å². The number of ether oxygens (including phenoxy) is 1. The average Bonchev–Trinajstić information content (AvgIpc) is 2.22. The van der Waals surface area contributed by atoms with Gasteiger partial charge in [0.1, 0.15) is 0 Å². The van der Waals surface area contributed by atoms with Gasteiger partial charge in [0.15, 0.2) is 0 Å². The zero-order valence-electron chi connectivity index (χ0n) is 9.41. The van der Waals surface area contributed by atoms with Crippen LogP contribution in [0.4, 0.5) is 0 Å². The Morgan fingerprint density at radius 3 is 2.75 bits per heavy atom. The van der Waals surface area contributed by atoms with Crippen molar-refractivity contribution >= 4 is 15.7 Å². The number of allylic oxidation sites excluding steroid dienone is 1. The van der Waals surface area contributed by atoms with Crippen LogP contribution in [-0.2, 0) is 18.3 Å². The van der Waals surface area contributed by atoms with Gasteiger partial charge in [-0.25, -0.2) is 4.57 Å². The lowest BCUT2D eigenvalue weighted by atomic mass is 9.75. The van der Waals surface area contributed by atoms with Crippen LogP contribution in [0.15, 0.2) is 12.2 Å². The van der Waals surface area contributed by atoms with Gasteiger partial charge >= 0.3 is 7.82 Å². The SMILES string of the molecule is [B]C1C=CC(COC)C(OP(=O)(O)OC)C1. The maximum atomic E-state index is 11.3. The molecule has 4 atom stereocenters. The molecule has 0 aromatic rings. The quantitative estimate of drug-likeness (QED) is 0.450. The lowest BCUT2D eigenvalue weighted by Gasteiger charge is -2.30. The Hall–Kier alpha value is -0.125. The molecule has 16 heavy (non-hydrogen) atoms. The fourth-order valence-electron chi connectivity index (χ4n) is 1.62. The first-order valence-electron chi connectivity index (χ1n) is 4.98. The van der Waals surface area contributed by atoms with Crippen LogP contribution in [0.3, 0.4) is 0 Å². The molecule has 90 valence electrons. The topological polar surface area (TPSA) is 65.0 Å². The average molecular weight is 246 g/mol. The summed E-state index contributed by atoms with van der Waals surface area (Å²) in [5.74, 6) is -0.254. The van der Waals surface area contributed by atoms with Gasteiger partial charge in [0.25, 0.3) is 0 Å². The molecule has 2 radical (unpaired) electrons. The third kappa shape index (κ3) is 4.03. The highest BCUT2D eigenvalue weighted by molar-refractivity contribution is 7.47. The summed E-state index contributed by atoms with van der Waals surface area (Å²) in [6.45, 7) is 0.414. The summed E-state index contributed by atoms with van der Waals surface area (Å²) in [6, 6.07) is 0. The van der Waals surface area contributed by atoms with Gasteiger partial charge < -0.3 is 9.63 Å². The first-order valence-corrected chi connectivity index (χ1v) is 6.48. The van der Waals surface area contributed by atoms with Crippen LogP contribution in [0.5, 0.6) is 0 Å². The van der Waals surface area contributed by atoms with Gasteiger partial charge in [0, 0.05) is 20.1 Å². The van der Waals surface area contributed by atoms with Gasteiger partial charge in [-0.1, -0.05) is 18.0 Å². The summed E-state index contributed by atoms with van der Waals surface area (Å²) in [4.78, 5) is 9.25. The number of hydrogen-bond acceptors (Lipinski definition) is 4. The number of phosphoric acid groups is 1. The van der Waals surface area contributed by atoms with Crippen molar-refractivity contribution in [2.45, 2.75) is 18.3 Å². The van der Waals surface area contributed by atoms with E-state index in [9.17, 15) is 9.46 Å². The molecule has 0 aromatic heterocycles. The Labute approximate surface area is 96.8 Å². The second kappa shape index (κ2) is 5.98. The molecular formula is C9H16BO5P. The number of rotatable bonds is 5. The Bertz CT molecular complexity index is 296. The minimum Gasteiger partial charge on any atom is -0.384 e. The zero-order chi connectivity index (χ0) is 12.2. The molecule has 1 N–H and O–H groups in total.